The monoisotopic (exact) mass is 506 g/mol. The molecule has 0 radical (unpaired) electrons. The second-order valence-electron chi connectivity index (χ2n) is 8.78. The predicted molar refractivity (Wildman–Crippen MR) is 116 cm³/mol. The number of rotatable bonds is 8. The van der Waals surface area contributed by atoms with Crippen molar-refractivity contribution >= 4 is 5.83 Å². The van der Waals surface area contributed by atoms with Crippen LogP contribution in [0.25, 0.3) is 5.83 Å². The van der Waals surface area contributed by atoms with Gasteiger partial charge in [-0.3, -0.25) is 0 Å². The summed E-state index contributed by atoms with van der Waals surface area (Å²) in [6.07, 6.45) is -1.67. The summed E-state index contributed by atoms with van der Waals surface area (Å²) >= 11 is 0. The molecule has 35 heavy (non-hydrogen) atoms. The van der Waals surface area contributed by atoms with Crippen LogP contribution >= 0.6 is 0 Å². The summed E-state index contributed by atoms with van der Waals surface area (Å²) < 4.78 is 113. The first-order valence-corrected chi connectivity index (χ1v) is 11.5. The molecule has 0 aromatic heterocycles. The Morgan fingerprint density at radius 1 is 0.914 bits per heavy atom. The van der Waals surface area contributed by atoms with Crippen molar-refractivity contribution in [2.45, 2.75) is 57.5 Å². The largest absolute Gasteiger partial charge is 0.422 e. The smallest absolute Gasteiger partial charge is 0.375 e. The third kappa shape index (κ3) is 6.84. The Morgan fingerprint density at radius 2 is 1.54 bits per heavy atom. The second-order valence-corrected chi connectivity index (χ2v) is 8.78. The first kappa shape index (κ1) is 27.2. The van der Waals surface area contributed by atoms with E-state index in [9.17, 15) is 35.1 Å². The van der Waals surface area contributed by atoms with Gasteiger partial charge in [0.05, 0.1) is 0 Å². The maximum absolute atomic E-state index is 14.7. The van der Waals surface area contributed by atoms with Crippen molar-refractivity contribution in [3.63, 3.8) is 0 Å². The van der Waals surface area contributed by atoms with E-state index in [1.165, 1.54) is 12.1 Å². The average molecular weight is 506 g/mol. The molecule has 1 aliphatic carbocycles. The standard InChI is InChI=1S/C26H26F8O/c1-2-35-14-23(30)25(31)18-9-10-19(20(27)13-18)17-7-5-15(6-8-17)3-4-16-11-21(28)24(22(29)12-16)26(32,33)34/h9-13,15,17H,2-8,14H2,1H3. The summed E-state index contributed by atoms with van der Waals surface area (Å²) in [4.78, 5) is 0. The van der Waals surface area contributed by atoms with Gasteiger partial charge in [0.1, 0.15) is 29.6 Å². The fourth-order valence-corrected chi connectivity index (χ4v) is 4.58. The van der Waals surface area contributed by atoms with Gasteiger partial charge in [0, 0.05) is 12.2 Å². The van der Waals surface area contributed by atoms with E-state index in [0.717, 1.165) is 18.2 Å². The Labute approximate surface area is 198 Å². The zero-order valence-corrected chi connectivity index (χ0v) is 19.1. The normalized spacial score (nSPS) is 19.6. The van der Waals surface area contributed by atoms with Crippen molar-refractivity contribution in [3.8, 4) is 0 Å². The van der Waals surface area contributed by atoms with Crippen molar-refractivity contribution in [1.82, 2.24) is 0 Å². The van der Waals surface area contributed by atoms with Crippen molar-refractivity contribution < 1.29 is 39.9 Å². The third-order valence-electron chi connectivity index (χ3n) is 6.44. The molecule has 0 heterocycles. The van der Waals surface area contributed by atoms with Gasteiger partial charge in [-0.1, -0.05) is 12.1 Å². The highest BCUT2D eigenvalue weighted by Crippen LogP contribution is 2.40. The first-order chi connectivity index (χ1) is 16.5. The summed E-state index contributed by atoms with van der Waals surface area (Å²) in [5.74, 6) is -6.08. The first-order valence-electron chi connectivity index (χ1n) is 11.5. The molecule has 1 fully saturated rings. The third-order valence-corrected chi connectivity index (χ3v) is 6.44. The van der Waals surface area contributed by atoms with Crippen LogP contribution in [0.2, 0.25) is 0 Å². The fourth-order valence-electron chi connectivity index (χ4n) is 4.58. The minimum atomic E-state index is -5.10. The van der Waals surface area contributed by atoms with E-state index >= 15 is 0 Å². The van der Waals surface area contributed by atoms with Gasteiger partial charge in [0.2, 0.25) is 0 Å². The van der Waals surface area contributed by atoms with Crippen LogP contribution in [0, 0.1) is 23.4 Å². The van der Waals surface area contributed by atoms with E-state index in [1.54, 1.807) is 6.92 Å². The van der Waals surface area contributed by atoms with E-state index in [4.69, 9.17) is 4.74 Å². The summed E-state index contributed by atoms with van der Waals surface area (Å²) in [5, 5.41) is 0. The number of alkyl halides is 3. The highest BCUT2D eigenvalue weighted by molar-refractivity contribution is 5.61. The van der Waals surface area contributed by atoms with Crippen LogP contribution in [0.1, 0.15) is 67.2 Å². The van der Waals surface area contributed by atoms with Gasteiger partial charge >= 0.3 is 6.18 Å². The van der Waals surface area contributed by atoms with Crippen LogP contribution in [-0.2, 0) is 17.3 Å². The van der Waals surface area contributed by atoms with Crippen LogP contribution in [0.3, 0.4) is 0 Å². The molecular formula is C26H26F8O. The molecule has 1 nitrogen and oxygen atoms in total. The lowest BCUT2D eigenvalue weighted by Crippen LogP contribution is -2.15. The van der Waals surface area contributed by atoms with E-state index in [0.29, 0.717) is 37.7 Å². The Bertz CT molecular complexity index is 1030. The zero-order valence-electron chi connectivity index (χ0n) is 19.1. The molecule has 0 saturated heterocycles. The number of benzene rings is 2. The van der Waals surface area contributed by atoms with Crippen LogP contribution in [0.4, 0.5) is 35.1 Å². The predicted octanol–water partition coefficient (Wildman–Crippen LogP) is 8.67. The molecule has 0 N–H and O–H groups in total. The Balaban J connectivity index is 1.58. The number of hydrogen-bond acceptors (Lipinski definition) is 1. The van der Waals surface area contributed by atoms with Gasteiger partial charge in [-0.25, -0.2) is 22.0 Å². The van der Waals surface area contributed by atoms with E-state index in [-0.39, 0.29) is 36.0 Å². The summed E-state index contributed by atoms with van der Waals surface area (Å²) in [6.45, 7) is 1.33. The van der Waals surface area contributed by atoms with Gasteiger partial charge in [0.25, 0.3) is 0 Å². The van der Waals surface area contributed by atoms with Crippen LogP contribution in [-0.4, -0.2) is 13.2 Å². The molecule has 2 aromatic rings. The molecule has 2 aromatic carbocycles. The van der Waals surface area contributed by atoms with E-state index in [2.05, 4.69) is 0 Å². The molecule has 0 amide bonds. The molecule has 9 heteroatoms. The number of aryl methyl sites for hydroxylation is 1. The number of halogens is 8. The maximum atomic E-state index is 14.7. The Kier molecular flexibility index (Phi) is 8.96. The molecule has 0 atom stereocenters. The maximum Gasteiger partial charge on any atom is 0.422 e. The zero-order chi connectivity index (χ0) is 25.8. The molecule has 0 unspecified atom stereocenters. The second kappa shape index (κ2) is 11.5. The van der Waals surface area contributed by atoms with Gasteiger partial charge in [-0.2, -0.15) is 13.2 Å². The van der Waals surface area contributed by atoms with Gasteiger partial charge in [-0.05, 0) is 86.6 Å². The van der Waals surface area contributed by atoms with Crippen LogP contribution < -0.4 is 0 Å². The summed E-state index contributed by atoms with van der Waals surface area (Å²) in [5.41, 5.74) is -1.52. The van der Waals surface area contributed by atoms with Crippen molar-refractivity contribution in [1.29, 1.82) is 0 Å². The van der Waals surface area contributed by atoms with Crippen LogP contribution in [0.5, 0.6) is 0 Å². The molecule has 192 valence electrons. The number of hydrogen-bond donors (Lipinski definition) is 0. The highest BCUT2D eigenvalue weighted by atomic mass is 19.4. The molecule has 0 aliphatic heterocycles. The minimum Gasteiger partial charge on any atom is -0.375 e. The lowest BCUT2D eigenvalue weighted by molar-refractivity contribution is -0.142. The Morgan fingerprint density at radius 3 is 2.09 bits per heavy atom. The van der Waals surface area contributed by atoms with Crippen LogP contribution in [0.15, 0.2) is 36.2 Å². The van der Waals surface area contributed by atoms with Gasteiger partial charge < -0.3 is 4.74 Å². The highest BCUT2D eigenvalue weighted by Gasteiger charge is 2.38. The van der Waals surface area contributed by atoms with Gasteiger partial charge in [-0.15, -0.1) is 0 Å². The SMILES string of the molecule is CCOCC(F)=C(F)c1ccc(C2CCC(CCc3cc(F)c(C(F)(F)F)c(F)c3)CC2)c(F)c1. The van der Waals surface area contributed by atoms with Gasteiger partial charge in [0.15, 0.2) is 11.7 Å². The lowest BCUT2D eigenvalue weighted by Gasteiger charge is -2.29. The molecule has 1 saturated carbocycles. The van der Waals surface area contributed by atoms with E-state index in [1.807, 2.05) is 0 Å². The molecular weight excluding hydrogens is 480 g/mol. The summed E-state index contributed by atoms with van der Waals surface area (Å²) in [7, 11) is 0. The number of ether oxygens (including phenoxy) is 1. The fraction of sp³-hybridized carbons (Fsp3) is 0.462. The minimum absolute atomic E-state index is 0.110. The molecule has 0 bridgehead atoms. The molecule has 3 rings (SSSR count). The quantitative estimate of drug-likeness (QED) is 0.326. The molecule has 1 aliphatic rings. The Hall–Kier alpha value is -2.42. The molecule has 0 spiro atoms. The van der Waals surface area contributed by atoms with Crippen molar-refractivity contribution in [2.24, 2.45) is 5.92 Å². The topological polar surface area (TPSA) is 9.23 Å². The summed E-state index contributed by atoms with van der Waals surface area (Å²) in [6, 6.07) is 5.20. The van der Waals surface area contributed by atoms with Crippen molar-refractivity contribution in [2.75, 3.05) is 13.2 Å². The lowest BCUT2D eigenvalue weighted by atomic mass is 9.76. The average Bonchev–Trinajstić information content (AvgIpc) is 2.79. The van der Waals surface area contributed by atoms with Crippen molar-refractivity contribution in [3.05, 3.63) is 75.9 Å². The van der Waals surface area contributed by atoms with E-state index < -0.39 is 47.5 Å².